The van der Waals surface area contributed by atoms with Gasteiger partial charge in [-0.15, -0.1) is 0 Å². The zero-order valence-corrected chi connectivity index (χ0v) is 18.4. The highest BCUT2D eigenvalue weighted by Crippen LogP contribution is 2.44. The molecule has 0 saturated heterocycles. The summed E-state index contributed by atoms with van der Waals surface area (Å²) in [6, 6.07) is 15.7. The second-order valence-corrected chi connectivity index (χ2v) is 8.76. The third-order valence-electron chi connectivity index (χ3n) is 6.51. The fourth-order valence-electron chi connectivity index (χ4n) is 4.78. The first-order valence-corrected chi connectivity index (χ1v) is 11.3. The van der Waals surface area contributed by atoms with Crippen molar-refractivity contribution in [2.75, 3.05) is 13.2 Å². The number of aliphatic carboxylic acids is 1. The van der Waals surface area contributed by atoms with Crippen LogP contribution in [0.5, 0.6) is 0 Å². The maximum atomic E-state index is 13.2. The van der Waals surface area contributed by atoms with Crippen molar-refractivity contribution in [3.05, 3.63) is 59.7 Å². The Balaban J connectivity index is 1.30. The largest absolute Gasteiger partial charge is 0.477 e. The van der Waals surface area contributed by atoms with E-state index in [1.54, 1.807) is 0 Å². The summed E-state index contributed by atoms with van der Waals surface area (Å²) in [4.78, 5) is 35.3. The molecule has 0 unspecified atom stereocenters. The molecule has 9 heteroatoms. The Hall–Kier alpha value is -3.49. The van der Waals surface area contributed by atoms with E-state index >= 15 is 0 Å². The molecule has 4 rings (SSSR count). The molecule has 0 heterocycles. The number of alkyl halides is 2. The molecule has 2 aliphatic rings. The second-order valence-electron chi connectivity index (χ2n) is 8.76. The van der Waals surface area contributed by atoms with Crippen molar-refractivity contribution in [3.63, 3.8) is 0 Å². The van der Waals surface area contributed by atoms with Gasteiger partial charge < -0.3 is 20.5 Å². The van der Waals surface area contributed by atoms with Crippen LogP contribution in [-0.4, -0.2) is 48.2 Å². The van der Waals surface area contributed by atoms with Crippen LogP contribution in [0.4, 0.5) is 13.6 Å². The van der Waals surface area contributed by atoms with E-state index in [0.29, 0.717) is 19.3 Å². The maximum absolute atomic E-state index is 13.2. The number of carbonyl (C=O) groups excluding carboxylic acids is 2. The van der Waals surface area contributed by atoms with Crippen LogP contribution in [0.15, 0.2) is 48.5 Å². The number of rotatable bonds is 7. The van der Waals surface area contributed by atoms with Gasteiger partial charge in [-0.25, -0.2) is 9.59 Å². The molecule has 0 aromatic heterocycles. The predicted octanol–water partition coefficient (Wildman–Crippen LogP) is 3.92. The molecule has 2 aromatic carbocycles. The molecule has 34 heavy (non-hydrogen) atoms. The van der Waals surface area contributed by atoms with Gasteiger partial charge in [-0.2, -0.15) is 8.78 Å². The molecule has 180 valence electrons. The van der Waals surface area contributed by atoms with Crippen LogP contribution in [0.3, 0.4) is 0 Å². The van der Waals surface area contributed by atoms with Gasteiger partial charge in [-0.05, 0) is 41.5 Å². The van der Waals surface area contributed by atoms with Crippen LogP contribution in [0.1, 0.15) is 42.7 Å². The van der Waals surface area contributed by atoms with E-state index in [0.717, 1.165) is 22.3 Å². The minimum Gasteiger partial charge on any atom is -0.477 e. The minimum absolute atomic E-state index is 0.0704. The Morgan fingerprint density at radius 1 is 1.00 bits per heavy atom. The Kier molecular flexibility index (Phi) is 6.81. The summed E-state index contributed by atoms with van der Waals surface area (Å²) in [5, 5.41) is 13.3. The van der Waals surface area contributed by atoms with E-state index < -0.39 is 36.4 Å². The fourth-order valence-corrected chi connectivity index (χ4v) is 4.78. The number of fused-ring (bicyclic) bond motifs is 3. The quantitative estimate of drug-likeness (QED) is 0.567. The lowest BCUT2D eigenvalue weighted by Gasteiger charge is -2.29. The van der Waals surface area contributed by atoms with Gasteiger partial charge >= 0.3 is 18.0 Å². The Morgan fingerprint density at radius 3 is 2.24 bits per heavy atom. The number of amides is 2. The van der Waals surface area contributed by atoms with Crippen molar-refractivity contribution in [1.29, 1.82) is 0 Å². The van der Waals surface area contributed by atoms with E-state index in [9.17, 15) is 23.2 Å². The van der Waals surface area contributed by atoms with Gasteiger partial charge in [0.15, 0.2) is 0 Å². The molecule has 1 fully saturated rings. The molecular formula is C25H26F2N2O5. The summed E-state index contributed by atoms with van der Waals surface area (Å²) >= 11 is 0. The smallest absolute Gasteiger partial charge is 0.407 e. The maximum Gasteiger partial charge on any atom is 0.407 e. The number of hydrogen-bond donors (Lipinski definition) is 3. The normalized spacial score (nSPS) is 19.6. The van der Waals surface area contributed by atoms with Crippen LogP contribution in [0.25, 0.3) is 11.1 Å². The van der Waals surface area contributed by atoms with E-state index in [1.807, 2.05) is 53.8 Å². The molecule has 0 aliphatic heterocycles. The number of carboxylic acids is 1. The number of carboxylic acid groups (broad SMARTS) is 1. The summed E-state index contributed by atoms with van der Waals surface area (Å²) in [6.07, 6.45) is 1.42. The summed E-state index contributed by atoms with van der Waals surface area (Å²) in [7, 11) is 0. The molecule has 2 amide bonds. The van der Waals surface area contributed by atoms with Gasteiger partial charge in [0, 0.05) is 17.9 Å². The number of carbonyl (C=O) groups is 3. The highest BCUT2D eigenvalue weighted by Gasteiger charge is 2.40. The zero-order valence-electron chi connectivity index (χ0n) is 18.4. The molecule has 7 nitrogen and oxygen atoms in total. The monoisotopic (exact) mass is 472 g/mol. The molecule has 2 aromatic rings. The highest BCUT2D eigenvalue weighted by atomic mass is 19.3. The molecule has 3 N–H and O–H groups in total. The third kappa shape index (κ3) is 5.03. The summed E-state index contributed by atoms with van der Waals surface area (Å²) in [6.45, 7) is -1.09. The lowest BCUT2D eigenvalue weighted by atomic mass is 9.85. The van der Waals surface area contributed by atoms with Crippen molar-refractivity contribution >= 4 is 18.0 Å². The first-order chi connectivity index (χ1) is 16.3. The molecule has 0 radical (unpaired) electrons. The first kappa shape index (κ1) is 23.7. The van der Waals surface area contributed by atoms with Crippen LogP contribution in [-0.2, 0) is 14.3 Å². The van der Waals surface area contributed by atoms with Crippen LogP contribution in [0.2, 0.25) is 0 Å². The fraction of sp³-hybridized carbons (Fsp3) is 0.400. The van der Waals surface area contributed by atoms with Gasteiger partial charge in [-0.1, -0.05) is 55.0 Å². The molecule has 2 aliphatic carbocycles. The second kappa shape index (κ2) is 9.79. The minimum atomic E-state index is -4.02. The zero-order chi connectivity index (χ0) is 24.3. The van der Waals surface area contributed by atoms with Gasteiger partial charge in [0.25, 0.3) is 0 Å². The predicted molar refractivity (Wildman–Crippen MR) is 120 cm³/mol. The standard InChI is InChI=1S/C25H26F2N2O5/c26-25(27,23(31)32)14-28-22(30)15-6-5-7-16(12-15)29-24(33)34-13-21-19-10-3-1-8-17(19)18-9-2-4-11-20(18)21/h1-4,8-11,15-16,21H,5-7,12-14H2,(H,28,30)(H,29,33)(H,31,32)/t15-,16+/m0/s1. The Morgan fingerprint density at radius 2 is 1.62 bits per heavy atom. The van der Waals surface area contributed by atoms with E-state index in [2.05, 4.69) is 5.32 Å². The number of hydrogen-bond acceptors (Lipinski definition) is 4. The van der Waals surface area contributed by atoms with Crippen LogP contribution >= 0.6 is 0 Å². The van der Waals surface area contributed by atoms with E-state index in [-0.39, 0.29) is 25.0 Å². The topological polar surface area (TPSA) is 105 Å². The Labute approximate surface area is 195 Å². The molecule has 0 bridgehead atoms. The molecule has 1 saturated carbocycles. The molecular weight excluding hydrogens is 446 g/mol. The van der Waals surface area contributed by atoms with Crippen LogP contribution < -0.4 is 10.6 Å². The van der Waals surface area contributed by atoms with Crippen molar-refractivity contribution in [2.45, 2.75) is 43.6 Å². The summed E-state index contributed by atoms with van der Waals surface area (Å²) in [5.74, 6) is -7.61. The van der Waals surface area contributed by atoms with Gasteiger partial charge in [-0.3, -0.25) is 4.79 Å². The third-order valence-corrected chi connectivity index (χ3v) is 6.51. The number of halogens is 2. The van der Waals surface area contributed by atoms with Gasteiger partial charge in [0.05, 0.1) is 6.54 Å². The molecule has 2 atom stereocenters. The summed E-state index contributed by atoms with van der Waals surface area (Å²) in [5.41, 5.74) is 4.46. The van der Waals surface area contributed by atoms with E-state index in [1.165, 1.54) is 0 Å². The van der Waals surface area contributed by atoms with Crippen molar-refractivity contribution in [3.8, 4) is 11.1 Å². The van der Waals surface area contributed by atoms with Crippen LogP contribution in [0, 0.1) is 5.92 Å². The SMILES string of the molecule is O=C(N[C@@H]1CCC[C@H](C(=O)NCC(F)(F)C(=O)O)C1)OCC1c2ccccc2-c2ccccc21. The summed E-state index contributed by atoms with van der Waals surface area (Å²) < 4.78 is 32.0. The van der Waals surface area contributed by atoms with Crippen molar-refractivity contribution in [2.24, 2.45) is 5.92 Å². The molecule has 0 spiro atoms. The number of nitrogens with one attached hydrogen (secondary N) is 2. The lowest BCUT2D eigenvalue weighted by molar-refractivity contribution is -0.164. The number of ether oxygens (including phenoxy) is 1. The number of alkyl carbamates (subject to hydrolysis) is 1. The van der Waals surface area contributed by atoms with Gasteiger partial charge in [0.1, 0.15) is 6.61 Å². The van der Waals surface area contributed by atoms with E-state index in [4.69, 9.17) is 9.84 Å². The number of benzene rings is 2. The Bertz CT molecular complexity index is 1040. The van der Waals surface area contributed by atoms with Gasteiger partial charge in [0.2, 0.25) is 5.91 Å². The van der Waals surface area contributed by atoms with Crippen molar-refractivity contribution < 1.29 is 33.0 Å². The first-order valence-electron chi connectivity index (χ1n) is 11.3. The lowest BCUT2D eigenvalue weighted by Crippen LogP contribution is -2.46. The van der Waals surface area contributed by atoms with Crippen molar-refractivity contribution in [1.82, 2.24) is 10.6 Å². The average molecular weight is 472 g/mol. The average Bonchev–Trinajstić information content (AvgIpc) is 3.15. The highest BCUT2D eigenvalue weighted by molar-refractivity contribution is 5.81.